The van der Waals surface area contributed by atoms with Crippen molar-refractivity contribution in [2.75, 3.05) is 7.05 Å². The Balaban J connectivity index is 2.88. The Hall–Kier alpha value is -2.17. The molecular formula is C16H22ClN3O6S. The number of rotatable bonds is 5. The zero-order chi connectivity index (χ0) is 21.0. The third-order valence-electron chi connectivity index (χ3n) is 3.12. The molecule has 1 unspecified atom stereocenters. The predicted octanol–water partition coefficient (Wildman–Crippen LogP) is 1.42. The van der Waals surface area contributed by atoms with E-state index in [1.807, 2.05) is 5.32 Å². The average Bonchev–Trinajstić information content (AvgIpc) is 2.52. The number of esters is 1. The number of ether oxygens (including phenoxy) is 1. The molecule has 27 heavy (non-hydrogen) atoms. The van der Waals surface area contributed by atoms with Crippen LogP contribution in [0, 0.1) is 0 Å². The van der Waals surface area contributed by atoms with Crippen molar-refractivity contribution < 1.29 is 27.5 Å². The minimum atomic E-state index is -3.80. The third kappa shape index (κ3) is 6.81. The Morgan fingerprint density at radius 1 is 1.19 bits per heavy atom. The van der Waals surface area contributed by atoms with Crippen molar-refractivity contribution in [2.45, 2.75) is 44.2 Å². The third-order valence-corrected chi connectivity index (χ3v) is 4.86. The molecule has 0 heterocycles. The Morgan fingerprint density at radius 2 is 1.78 bits per heavy atom. The molecule has 11 heteroatoms. The van der Waals surface area contributed by atoms with E-state index in [1.165, 1.54) is 26.1 Å². The number of benzene rings is 1. The summed E-state index contributed by atoms with van der Waals surface area (Å²) < 4.78 is 30.8. The molecule has 3 N–H and O–H groups in total. The molecule has 1 rings (SSSR count). The SMILES string of the molecule is CNS(=O)(=O)c1ccc(Cl)c(C(=O)OC(C)C(=O)NC(=O)NC(C)(C)C)c1. The molecule has 0 radical (unpaired) electrons. The van der Waals surface area contributed by atoms with E-state index >= 15 is 0 Å². The second-order valence-corrected chi connectivity index (χ2v) is 8.88. The van der Waals surface area contributed by atoms with E-state index in [9.17, 15) is 22.8 Å². The summed E-state index contributed by atoms with van der Waals surface area (Å²) in [5.74, 6) is -1.85. The smallest absolute Gasteiger partial charge is 0.340 e. The fraction of sp³-hybridized carbons (Fsp3) is 0.438. The van der Waals surface area contributed by atoms with Gasteiger partial charge in [-0.05, 0) is 52.9 Å². The highest BCUT2D eigenvalue weighted by molar-refractivity contribution is 7.89. The van der Waals surface area contributed by atoms with Gasteiger partial charge in [0.25, 0.3) is 5.91 Å². The second-order valence-electron chi connectivity index (χ2n) is 6.59. The first-order valence-electron chi connectivity index (χ1n) is 7.84. The molecule has 3 amide bonds. The average molecular weight is 420 g/mol. The van der Waals surface area contributed by atoms with Crippen molar-refractivity contribution in [1.82, 2.24) is 15.4 Å². The molecule has 0 aliphatic carbocycles. The van der Waals surface area contributed by atoms with E-state index in [4.69, 9.17) is 16.3 Å². The number of halogens is 1. The van der Waals surface area contributed by atoms with Gasteiger partial charge in [-0.2, -0.15) is 0 Å². The van der Waals surface area contributed by atoms with Crippen molar-refractivity contribution in [3.05, 3.63) is 28.8 Å². The van der Waals surface area contributed by atoms with E-state index in [-0.39, 0.29) is 15.5 Å². The van der Waals surface area contributed by atoms with E-state index < -0.39 is 39.6 Å². The number of sulfonamides is 1. The Bertz CT molecular complexity index is 848. The monoisotopic (exact) mass is 419 g/mol. The van der Waals surface area contributed by atoms with Crippen LogP contribution in [0.15, 0.2) is 23.1 Å². The Morgan fingerprint density at radius 3 is 2.30 bits per heavy atom. The summed E-state index contributed by atoms with van der Waals surface area (Å²) in [4.78, 5) is 35.7. The van der Waals surface area contributed by atoms with Crippen molar-refractivity contribution in [2.24, 2.45) is 0 Å². The Kier molecular flexibility index (Phi) is 7.35. The minimum Gasteiger partial charge on any atom is -0.449 e. The fourth-order valence-corrected chi connectivity index (χ4v) is 2.76. The van der Waals surface area contributed by atoms with Crippen LogP contribution in [0.3, 0.4) is 0 Å². The van der Waals surface area contributed by atoms with Crippen LogP contribution in [-0.2, 0) is 19.6 Å². The predicted molar refractivity (Wildman–Crippen MR) is 99.0 cm³/mol. The van der Waals surface area contributed by atoms with Gasteiger partial charge < -0.3 is 10.1 Å². The van der Waals surface area contributed by atoms with Crippen molar-refractivity contribution in [3.8, 4) is 0 Å². The number of imide groups is 1. The van der Waals surface area contributed by atoms with Gasteiger partial charge in [-0.15, -0.1) is 0 Å². The van der Waals surface area contributed by atoms with Gasteiger partial charge in [-0.3, -0.25) is 10.1 Å². The quantitative estimate of drug-likeness (QED) is 0.618. The van der Waals surface area contributed by atoms with Gasteiger partial charge >= 0.3 is 12.0 Å². The highest BCUT2D eigenvalue weighted by Crippen LogP contribution is 2.21. The second kappa shape index (κ2) is 8.68. The van der Waals surface area contributed by atoms with Crippen LogP contribution in [0.2, 0.25) is 5.02 Å². The lowest BCUT2D eigenvalue weighted by molar-refractivity contribution is -0.127. The van der Waals surface area contributed by atoms with Crippen molar-refractivity contribution >= 4 is 39.5 Å². The van der Waals surface area contributed by atoms with Crippen LogP contribution in [0.4, 0.5) is 4.79 Å². The summed E-state index contributed by atoms with van der Waals surface area (Å²) in [5, 5.41) is 4.52. The van der Waals surface area contributed by atoms with Crippen LogP contribution in [0.25, 0.3) is 0 Å². The lowest BCUT2D eigenvalue weighted by Crippen LogP contribution is -2.50. The molecule has 1 aromatic carbocycles. The zero-order valence-corrected chi connectivity index (χ0v) is 17.1. The molecule has 1 aromatic rings. The van der Waals surface area contributed by atoms with Crippen LogP contribution in [-0.4, -0.2) is 45.0 Å². The topological polar surface area (TPSA) is 131 Å². The number of carbonyl (C=O) groups excluding carboxylic acids is 3. The van der Waals surface area contributed by atoms with Gasteiger partial charge in [-0.25, -0.2) is 22.7 Å². The summed E-state index contributed by atoms with van der Waals surface area (Å²) in [7, 11) is -2.58. The number of amides is 3. The molecule has 0 aliphatic rings. The van der Waals surface area contributed by atoms with Gasteiger partial charge in [0.1, 0.15) is 0 Å². The normalized spacial score (nSPS) is 12.8. The molecule has 1 atom stereocenters. The number of nitrogens with one attached hydrogen (secondary N) is 3. The molecule has 0 saturated carbocycles. The fourth-order valence-electron chi connectivity index (χ4n) is 1.81. The van der Waals surface area contributed by atoms with Crippen LogP contribution in [0.5, 0.6) is 0 Å². The highest BCUT2D eigenvalue weighted by atomic mass is 35.5. The summed E-state index contributed by atoms with van der Waals surface area (Å²) in [5.41, 5.74) is -0.788. The van der Waals surface area contributed by atoms with Gasteiger partial charge in [0, 0.05) is 5.54 Å². The first-order valence-corrected chi connectivity index (χ1v) is 9.70. The first-order chi connectivity index (χ1) is 12.3. The molecule has 0 fully saturated rings. The van der Waals surface area contributed by atoms with Crippen molar-refractivity contribution in [3.63, 3.8) is 0 Å². The highest BCUT2D eigenvalue weighted by Gasteiger charge is 2.25. The van der Waals surface area contributed by atoms with Gasteiger partial charge in [-0.1, -0.05) is 11.6 Å². The van der Waals surface area contributed by atoms with E-state index in [1.54, 1.807) is 20.8 Å². The summed E-state index contributed by atoms with van der Waals surface area (Å²) in [6, 6.07) is 2.74. The summed E-state index contributed by atoms with van der Waals surface area (Å²) in [6.07, 6.45) is -1.32. The van der Waals surface area contributed by atoms with Crippen LogP contribution in [0.1, 0.15) is 38.1 Å². The number of hydrogen-bond donors (Lipinski definition) is 3. The van der Waals surface area contributed by atoms with E-state index in [0.29, 0.717) is 0 Å². The maximum atomic E-state index is 12.3. The van der Waals surface area contributed by atoms with Crippen LogP contribution >= 0.6 is 11.6 Å². The van der Waals surface area contributed by atoms with Crippen molar-refractivity contribution in [1.29, 1.82) is 0 Å². The molecule has 0 bridgehead atoms. The molecule has 0 aromatic heterocycles. The Labute approximate surface area is 162 Å². The minimum absolute atomic E-state index is 0.0480. The lowest BCUT2D eigenvalue weighted by atomic mass is 10.1. The number of carbonyl (C=O) groups is 3. The number of hydrogen-bond acceptors (Lipinski definition) is 6. The maximum Gasteiger partial charge on any atom is 0.340 e. The number of urea groups is 1. The van der Waals surface area contributed by atoms with Gasteiger partial charge in [0.2, 0.25) is 10.0 Å². The summed E-state index contributed by atoms with van der Waals surface area (Å²) in [6.45, 7) is 6.46. The molecule has 0 saturated heterocycles. The molecular weight excluding hydrogens is 398 g/mol. The van der Waals surface area contributed by atoms with E-state index in [0.717, 1.165) is 6.07 Å². The first kappa shape index (κ1) is 22.9. The molecule has 9 nitrogen and oxygen atoms in total. The van der Waals surface area contributed by atoms with Gasteiger partial charge in [0.15, 0.2) is 6.10 Å². The largest absolute Gasteiger partial charge is 0.449 e. The van der Waals surface area contributed by atoms with Gasteiger partial charge in [0.05, 0.1) is 15.5 Å². The maximum absolute atomic E-state index is 12.3. The molecule has 150 valence electrons. The molecule has 0 aliphatic heterocycles. The lowest BCUT2D eigenvalue weighted by Gasteiger charge is -2.21. The van der Waals surface area contributed by atoms with Crippen LogP contribution < -0.4 is 15.4 Å². The standard InChI is InChI=1S/C16H22ClN3O6S/c1-9(13(21)19-15(23)20-16(2,3)4)26-14(22)11-8-10(6-7-12(11)17)27(24,25)18-5/h6-9,18H,1-5H3,(H2,19,20,21,23). The molecule has 0 spiro atoms. The summed E-state index contributed by atoms with van der Waals surface area (Å²) >= 11 is 5.92. The zero-order valence-electron chi connectivity index (χ0n) is 15.5. The van der Waals surface area contributed by atoms with E-state index in [2.05, 4.69) is 10.0 Å².